The molecule has 2 nitrogen and oxygen atoms in total. The Labute approximate surface area is 188 Å². The van der Waals surface area contributed by atoms with Crippen LogP contribution in [0, 0.1) is 0 Å². The Morgan fingerprint density at radius 1 is 0.344 bits per heavy atom. The van der Waals surface area contributed by atoms with Gasteiger partial charge in [-0.15, -0.1) is 0 Å². The van der Waals surface area contributed by atoms with E-state index in [0.29, 0.717) is 0 Å². The van der Waals surface area contributed by atoms with Crippen LogP contribution >= 0.6 is 0 Å². The van der Waals surface area contributed by atoms with Crippen LogP contribution in [0.1, 0.15) is 0 Å². The van der Waals surface area contributed by atoms with Gasteiger partial charge in [-0.25, -0.2) is 0 Å². The fourth-order valence-electron chi connectivity index (χ4n) is 3.64. The molecule has 5 rings (SSSR count). The van der Waals surface area contributed by atoms with E-state index in [-0.39, 0.29) is 0 Å². The van der Waals surface area contributed by atoms with E-state index in [0.717, 1.165) is 34.1 Å². The van der Waals surface area contributed by atoms with Crippen LogP contribution in [0.2, 0.25) is 0 Å². The number of para-hydroxylation sites is 2. The summed E-state index contributed by atoms with van der Waals surface area (Å²) >= 11 is 0. The van der Waals surface area contributed by atoms with Crippen molar-refractivity contribution < 1.29 is 9.47 Å². The molecule has 5 aromatic carbocycles. The van der Waals surface area contributed by atoms with Crippen molar-refractivity contribution in [3.8, 4) is 45.3 Å². The molecule has 0 saturated carbocycles. The highest BCUT2D eigenvalue weighted by molar-refractivity contribution is 5.76. The summed E-state index contributed by atoms with van der Waals surface area (Å²) in [6.45, 7) is 0. The molecule has 154 valence electrons. The van der Waals surface area contributed by atoms with Crippen LogP contribution in [-0.4, -0.2) is 0 Å². The second kappa shape index (κ2) is 9.23. The molecule has 0 aromatic heterocycles. The molecule has 0 N–H and O–H groups in total. The lowest BCUT2D eigenvalue weighted by Crippen LogP contribution is -1.90. The normalized spacial score (nSPS) is 10.5. The Hall–Kier alpha value is -4.30. The molecule has 0 fully saturated rings. The first kappa shape index (κ1) is 19.7. The van der Waals surface area contributed by atoms with E-state index in [9.17, 15) is 0 Å². The highest BCUT2D eigenvalue weighted by Gasteiger charge is 2.09. The third-order valence-corrected chi connectivity index (χ3v) is 5.18. The Kier molecular flexibility index (Phi) is 5.67. The number of ether oxygens (including phenoxy) is 2. The van der Waals surface area contributed by atoms with Crippen molar-refractivity contribution in [2.45, 2.75) is 0 Å². The van der Waals surface area contributed by atoms with Crippen LogP contribution in [0.4, 0.5) is 0 Å². The van der Waals surface area contributed by atoms with E-state index in [4.69, 9.17) is 9.47 Å². The largest absolute Gasteiger partial charge is 0.457 e. The molecule has 0 saturated heterocycles. The minimum Gasteiger partial charge on any atom is -0.457 e. The molecule has 0 aliphatic rings. The van der Waals surface area contributed by atoms with Gasteiger partial charge in [-0.2, -0.15) is 0 Å². The summed E-state index contributed by atoms with van der Waals surface area (Å²) in [4.78, 5) is 0. The lowest BCUT2D eigenvalue weighted by atomic mass is 9.98. The smallest absolute Gasteiger partial charge is 0.135 e. The maximum atomic E-state index is 6.31. The predicted octanol–water partition coefficient (Wildman–Crippen LogP) is 8.61. The maximum absolute atomic E-state index is 6.31. The van der Waals surface area contributed by atoms with Crippen molar-refractivity contribution in [2.24, 2.45) is 0 Å². The van der Waals surface area contributed by atoms with Crippen molar-refractivity contribution >= 4 is 0 Å². The number of benzene rings is 5. The predicted molar refractivity (Wildman–Crippen MR) is 130 cm³/mol. The minimum atomic E-state index is 0.727. The number of rotatable bonds is 6. The molecule has 2 heteroatoms. The van der Waals surface area contributed by atoms with Crippen LogP contribution in [0.25, 0.3) is 22.3 Å². The van der Waals surface area contributed by atoms with Crippen LogP contribution < -0.4 is 9.47 Å². The van der Waals surface area contributed by atoms with Gasteiger partial charge in [-0.3, -0.25) is 0 Å². The first-order valence-electron chi connectivity index (χ1n) is 10.6. The molecule has 0 atom stereocenters. The van der Waals surface area contributed by atoms with Gasteiger partial charge in [0, 0.05) is 11.6 Å². The third kappa shape index (κ3) is 4.55. The van der Waals surface area contributed by atoms with Gasteiger partial charge in [0.15, 0.2) is 0 Å². The van der Waals surface area contributed by atoms with E-state index in [2.05, 4.69) is 54.6 Å². The summed E-state index contributed by atoms with van der Waals surface area (Å²) in [7, 11) is 0. The second-order valence-corrected chi connectivity index (χ2v) is 7.44. The van der Waals surface area contributed by atoms with E-state index < -0.39 is 0 Å². The fraction of sp³-hybridized carbons (Fsp3) is 0. The molecule has 0 aliphatic carbocycles. The molecule has 0 heterocycles. The standard InChI is InChI=1S/C30H22O2/c1-3-11-23(12-4-1)24-13-9-14-25(21-24)29-19-7-8-20-30(29)32-28-18-10-17-27(22-28)31-26-15-5-2-6-16-26/h1-22H. The van der Waals surface area contributed by atoms with Crippen molar-refractivity contribution in [2.75, 3.05) is 0 Å². The zero-order valence-electron chi connectivity index (χ0n) is 17.5. The van der Waals surface area contributed by atoms with Gasteiger partial charge in [-0.1, -0.05) is 91.0 Å². The van der Waals surface area contributed by atoms with Crippen molar-refractivity contribution in [1.82, 2.24) is 0 Å². The molecule has 5 aromatic rings. The minimum absolute atomic E-state index is 0.727. The SMILES string of the molecule is c1ccc(Oc2cccc(Oc3ccccc3-c3cccc(-c4ccccc4)c3)c2)cc1. The monoisotopic (exact) mass is 414 g/mol. The van der Waals surface area contributed by atoms with Crippen LogP contribution in [-0.2, 0) is 0 Å². The average molecular weight is 415 g/mol. The van der Waals surface area contributed by atoms with Crippen molar-refractivity contribution in [3.05, 3.63) is 133 Å². The lowest BCUT2D eigenvalue weighted by molar-refractivity contribution is 0.461. The Bertz CT molecular complexity index is 1310. The summed E-state index contributed by atoms with van der Waals surface area (Å²) in [6.07, 6.45) is 0. The molecule has 0 aliphatic heterocycles. The summed E-state index contributed by atoms with van der Waals surface area (Å²) in [5, 5.41) is 0. The molecular formula is C30H22O2. The molecular weight excluding hydrogens is 392 g/mol. The van der Waals surface area contributed by atoms with Gasteiger partial charge >= 0.3 is 0 Å². The Morgan fingerprint density at radius 3 is 1.72 bits per heavy atom. The van der Waals surface area contributed by atoms with Gasteiger partial charge in [0.05, 0.1) is 0 Å². The van der Waals surface area contributed by atoms with Crippen molar-refractivity contribution in [3.63, 3.8) is 0 Å². The Morgan fingerprint density at radius 2 is 0.906 bits per heavy atom. The topological polar surface area (TPSA) is 18.5 Å². The molecule has 0 unspecified atom stereocenters. The van der Waals surface area contributed by atoms with Crippen molar-refractivity contribution in [1.29, 1.82) is 0 Å². The summed E-state index contributed by atoms with van der Waals surface area (Å²) < 4.78 is 12.3. The number of hydrogen-bond acceptors (Lipinski definition) is 2. The van der Waals surface area contributed by atoms with Crippen LogP contribution in [0.3, 0.4) is 0 Å². The number of hydrogen-bond donors (Lipinski definition) is 0. The Balaban J connectivity index is 1.43. The summed E-state index contributed by atoms with van der Waals surface area (Å²) in [6, 6.07) is 44.5. The maximum Gasteiger partial charge on any atom is 0.135 e. The molecule has 32 heavy (non-hydrogen) atoms. The zero-order valence-corrected chi connectivity index (χ0v) is 17.5. The van der Waals surface area contributed by atoms with Gasteiger partial charge in [-0.05, 0) is 53.1 Å². The lowest BCUT2D eigenvalue weighted by Gasteiger charge is -2.13. The van der Waals surface area contributed by atoms with Crippen LogP contribution in [0.15, 0.2) is 133 Å². The van der Waals surface area contributed by atoms with E-state index in [1.54, 1.807) is 0 Å². The van der Waals surface area contributed by atoms with E-state index in [1.165, 1.54) is 11.1 Å². The molecule has 0 spiro atoms. The van der Waals surface area contributed by atoms with Gasteiger partial charge in [0.1, 0.15) is 23.0 Å². The second-order valence-electron chi connectivity index (χ2n) is 7.44. The summed E-state index contributed by atoms with van der Waals surface area (Å²) in [5.74, 6) is 3.06. The molecule has 0 radical (unpaired) electrons. The summed E-state index contributed by atoms with van der Waals surface area (Å²) in [5.41, 5.74) is 4.52. The van der Waals surface area contributed by atoms with E-state index in [1.807, 2.05) is 78.9 Å². The highest BCUT2D eigenvalue weighted by Crippen LogP contribution is 2.36. The van der Waals surface area contributed by atoms with E-state index >= 15 is 0 Å². The fourth-order valence-corrected chi connectivity index (χ4v) is 3.64. The third-order valence-electron chi connectivity index (χ3n) is 5.18. The zero-order chi connectivity index (χ0) is 21.6. The average Bonchev–Trinajstić information content (AvgIpc) is 2.86. The van der Waals surface area contributed by atoms with Gasteiger partial charge in [0.2, 0.25) is 0 Å². The van der Waals surface area contributed by atoms with Gasteiger partial charge in [0.25, 0.3) is 0 Å². The molecule has 0 bridgehead atoms. The quantitative estimate of drug-likeness (QED) is 0.277. The van der Waals surface area contributed by atoms with Gasteiger partial charge < -0.3 is 9.47 Å². The first-order chi connectivity index (χ1) is 15.8. The van der Waals surface area contributed by atoms with Crippen LogP contribution in [0.5, 0.6) is 23.0 Å². The molecule has 0 amide bonds. The highest BCUT2D eigenvalue weighted by atomic mass is 16.5. The first-order valence-corrected chi connectivity index (χ1v) is 10.6.